The van der Waals surface area contributed by atoms with Gasteiger partial charge in [-0.25, -0.2) is 8.42 Å². The first kappa shape index (κ1) is 17.8. The van der Waals surface area contributed by atoms with E-state index in [0.29, 0.717) is 30.1 Å². The lowest BCUT2D eigenvalue weighted by Crippen LogP contribution is -2.38. The van der Waals surface area contributed by atoms with Crippen LogP contribution < -0.4 is 18.5 Å². The van der Waals surface area contributed by atoms with E-state index < -0.39 is 20.2 Å². The van der Waals surface area contributed by atoms with E-state index in [2.05, 4.69) is 9.44 Å². The molecule has 0 aromatic heterocycles. The van der Waals surface area contributed by atoms with Crippen LogP contribution in [-0.4, -0.2) is 42.8 Å². The van der Waals surface area contributed by atoms with Gasteiger partial charge in [0, 0.05) is 19.2 Å². The molecule has 23 heavy (non-hydrogen) atoms. The molecule has 0 bridgehead atoms. The topological polar surface area (TPSA) is 105 Å². The van der Waals surface area contributed by atoms with Gasteiger partial charge in [-0.15, -0.1) is 0 Å². The Hall–Kier alpha value is -1.52. The first-order chi connectivity index (χ1) is 10.8. The highest BCUT2D eigenvalue weighted by Gasteiger charge is 2.28. The Morgan fingerprint density at radius 1 is 1.30 bits per heavy atom. The Bertz CT molecular complexity index is 762. The molecule has 1 aromatic rings. The van der Waals surface area contributed by atoms with Crippen molar-refractivity contribution in [3.05, 3.63) is 18.2 Å². The summed E-state index contributed by atoms with van der Waals surface area (Å²) >= 11 is 0. The van der Waals surface area contributed by atoms with Gasteiger partial charge in [-0.1, -0.05) is 6.92 Å². The van der Waals surface area contributed by atoms with Crippen LogP contribution >= 0.6 is 0 Å². The van der Waals surface area contributed by atoms with Gasteiger partial charge < -0.3 is 4.74 Å². The summed E-state index contributed by atoms with van der Waals surface area (Å²) in [5, 5.41) is 0. The number of benzene rings is 1. The number of nitrogens with one attached hydrogen (secondary N) is 2. The molecule has 0 radical (unpaired) electrons. The average molecular weight is 363 g/mol. The molecule has 8 nitrogen and oxygen atoms in total. The summed E-state index contributed by atoms with van der Waals surface area (Å²) in [5.41, 5.74) is 0.708. The number of ether oxygens (including phenoxy) is 1. The highest BCUT2D eigenvalue weighted by molar-refractivity contribution is 7.92. The Balaban J connectivity index is 2.33. The second-order valence-corrected chi connectivity index (χ2v) is 8.60. The normalized spacial score (nSPS) is 17.7. The summed E-state index contributed by atoms with van der Waals surface area (Å²) in [6, 6.07) is 4.52. The fraction of sp³-hybridized carbons (Fsp3) is 0.538. The number of hydrogen-bond donors (Lipinski definition) is 2. The molecule has 0 amide bonds. The van der Waals surface area contributed by atoms with E-state index in [4.69, 9.17) is 4.74 Å². The number of hydrogen-bond acceptors (Lipinski definition) is 5. The van der Waals surface area contributed by atoms with Gasteiger partial charge in [-0.05, 0) is 25.0 Å². The predicted molar refractivity (Wildman–Crippen MR) is 89.6 cm³/mol. The van der Waals surface area contributed by atoms with Gasteiger partial charge in [0.2, 0.25) is 10.0 Å². The second-order valence-electron chi connectivity index (χ2n) is 5.09. The second kappa shape index (κ2) is 6.93. The zero-order valence-corrected chi connectivity index (χ0v) is 14.7. The van der Waals surface area contributed by atoms with Crippen LogP contribution in [0.5, 0.6) is 5.75 Å². The molecule has 0 atom stereocenters. The molecule has 0 aliphatic carbocycles. The Morgan fingerprint density at radius 3 is 2.65 bits per heavy atom. The summed E-state index contributed by atoms with van der Waals surface area (Å²) in [4.78, 5) is 0. The molecule has 1 aliphatic rings. The highest BCUT2D eigenvalue weighted by atomic mass is 32.2. The molecule has 0 unspecified atom stereocenters. The number of rotatable bonds is 6. The molecule has 130 valence electrons. The zero-order valence-electron chi connectivity index (χ0n) is 13.1. The van der Waals surface area contributed by atoms with Gasteiger partial charge in [-0.2, -0.15) is 13.1 Å². The molecule has 1 aromatic carbocycles. The lowest BCUT2D eigenvalue weighted by Gasteiger charge is -2.29. The number of sulfonamides is 1. The van der Waals surface area contributed by atoms with Gasteiger partial charge in [0.15, 0.2) is 0 Å². The van der Waals surface area contributed by atoms with E-state index in [1.165, 1.54) is 23.5 Å². The summed E-state index contributed by atoms with van der Waals surface area (Å²) in [5.74, 6) is 0.400. The minimum absolute atomic E-state index is 0.102. The van der Waals surface area contributed by atoms with Crippen molar-refractivity contribution in [2.75, 3.05) is 35.0 Å². The molecule has 1 saturated heterocycles. The standard InChI is InChI=1S/C13H21N3O5S2/c1-3-14-23(19,20)15-11-6-7-12(13(10-11)21-2)16-8-4-5-9-22(16,17)18/h6-7,10,14-15H,3-5,8-9H2,1-2H3. The van der Waals surface area contributed by atoms with Gasteiger partial charge in [0.25, 0.3) is 10.2 Å². The maximum atomic E-state index is 12.2. The third-order valence-electron chi connectivity index (χ3n) is 3.38. The summed E-state index contributed by atoms with van der Waals surface area (Å²) in [6.07, 6.45) is 1.42. The van der Waals surface area contributed by atoms with Gasteiger partial charge in [-0.3, -0.25) is 9.03 Å². The predicted octanol–water partition coefficient (Wildman–Crippen LogP) is 0.891. The molecule has 2 N–H and O–H groups in total. The van der Waals surface area contributed by atoms with Gasteiger partial charge in [0.05, 0.1) is 24.2 Å². The van der Waals surface area contributed by atoms with E-state index in [1.54, 1.807) is 13.0 Å². The molecule has 2 rings (SSSR count). The molecule has 1 heterocycles. The SMILES string of the molecule is CCNS(=O)(=O)Nc1ccc(N2CCCCS2(=O)=O)c(OC)c1. The Labute approximate surface area is 137 Å². The smallest absolute Gasteiger partial charge is 0.299 e. The molecule has 0 spiro atoms. The maximum absolute atomic E-state index is 12.2. The average Bonchev–Trinajstić information content (AvgIpc) is 2.46. The summed E-state index contributed by atoms with van der Waals surface area (Å²) < 4.78 is 59.1. The molecule has 10 heteroatoms. The van der Waals surface area contributed by atoms with Crippen LogP contribution in [0.15, 0.2) is 18.2 Å². The van der Waals surface area contributed by atoms with E-state index in [0.717, 1.165) is 6.42 Å². The third kappa shape index (κ3) is 4.27. The number of methoxy groups -OCH3 is 1. The van der Waals surface area contributed by atoms with Crippen LogP contribution in [0.3, 0.4) is 0 Å². The van der Waals surface area contributed by atoms with Crippen molar-refractivity contribution in [2.45, 2.75) is 19.8 Å². The van der Waals surface area contributed by atoms with E-state index in [9.17, 15) is 16.8 Å². The molecule has 1 fully saturated rings. The van der Waals surface area contributed by atoms with Crippen LogP contribution in [0.4, 0.5) is 11.4 Å². The molecule has 0 saturated carbocycles. The number of nitrogens with zero attached hydrogens (tertiary/aromatic N) is 1. The Morgan fingerprint density at radius 2 is 2.04 bits per heavy atom. The quantitative estimate of drug-likeness (QED) is 0.781. The van der Waals surface area contributed by atoms with Crippen molar-refractivity contribution >= 4 is 31.6 Å². The largest absolute Gasteiger partial charge is 0.494 e. The molecular weight excluding hydrogens is 342 g/mol. The van der Waals surface area contributed by atoms with Gasteiger partial charge >= 0.3 is 0 Å². The lowest BCUT2D eigenvalue weighted by atomic mass is 10.2. The minimum atomic E-state index is -3.66. The molecule has 1 aliphatic heterocycles. The number of anilines is 2. The summed E-state index contributed by atoms with van der Waals surface area (Å²) in [7, 11) is -5.61. The van der Waals surface area contributed by atoms with Crippen LogP contribution in [0.1, 0.15) is 19.8 Å². The van der Waals surface area contributed by atoms with E-state index in [-0.39, 0.29) is 12.3 Å². The van der Waals surface area contributed by atoms with E-state index >= 15 is 0 Å². The fourth-order valence-corrected chi connectivity index (χ4v) is 4.92. The lowest BCUT2D eigenvalue weighted by molar-refractivity contribution is 0.415. The Kier molecular flexibility index (Phi) is 5.37. The minimum Gasteiger partial charge on any atom is -0.494 e. The van der Waals surface area contributed by atoms with Crippen molar-refractivity contribution in [2.24, 2.45) is 0 Å². The van der Waals surface area contributed by atoms with Crippen molar-refractivity contribution in [1.29, 1.82) is 0 Å². The van der Waals surface area contributed by atoms with Crippen molar-refractivity contribution in [3.63, 3.8) is 0 Å². The maximum Gasteiger partial charge on any atom is 0.299 e. The summed E-state index contributed by atoms with van der Waals surface area (Å²) in [6.45, 7) is 2.32. The van der Waals surface area contributed by atoms with Crippen LogP contribution in [-0.2, 0) is 20.2 Å². The van der Waals surface area contributed by atoms with Gasteiger partial charge in [0.1, 0.15) is 5.75 Å². The monoisotopic (exact) mass is 363 g/mol. The molecular formula is C13H21N3O5S2. The van der Waals surface area contributed by atoms with E-state index in [1.807, 2.05) is 0 Å². The van der Waals surface area contributed by atoms with Crippen LogP contribution in [0.2, 0.25) is 0 Å². The van der Waals surface area contributed by atoms with Crippen molar-refractivity contribution in [3.8, 4) is 5.75 Å². The van der Waals surface area contributed by atoms with Crippen LogP contribution in [0.25, 0.3) is 0 Å². The first-order valence-corrected chi connectivity index (χ1v) is 10.3. The third-order valence-corrected chi connectivity index (χ3v) is 6.41. The van der Waals surface area contributed by atoms with Crippen LogP contribution in [0, 0.1) is 0 Å². The zero-order chi connectivity index (χ0) is 17.1. The van der Waals surface area contributed by atoms with Crippen molar-refractivity contribution in [1.82, 2.24) is 4.72 Å². The van der Waals surface area contributed by atoms with Crippen molar-refractivity contribution < 1.29 is 21.6 Å². The highest BCUT2D eigenvalue weighted by Crippen LogP contribution is 2.34. The first-order valence-electron chi connectivity index (χ1n) is 7.25. The fourth-order valence-electron chi connectivity index (χ4n) is 2.39.